The van der Waals surface area contributed by atoms with Crippen molar-refractivity contribution >= 4 is 17.8 Å². The summed E-state index contributed by atoms with van der Waals surface area (Å²) >= 11 is 0. The fourth-order valence-corrected chi connectivity index (χ4v) is 1.16. The quantitative estimate of drug-likeness (QED) is 0.530. The van der Waals surface area contributed by atoms with Crippen LogP contribution >= 0.6 is 0 Å². The first-order chi connectivity index (χ1) is 9.24. The smallest absolute Gasteiger partial charge is 0.407 e. The number of ketones is 1. The molecule has 0 atom stereocenters. The number of carbonyl (C=O) groups is 3. The molecule has 7 nitrogen and oxygen atoms in total. The Hall–Kier alpha value is -1.63. The third kappa shape index (κ3) is 11.5. The summed E-state index contributed by atoms with van der Waals surface area (Å²) in [7, 11) is 1.49. The Morgan fingerprint density at radius 2 is 1.70 bits per heavy atom. The maximum absolute atomic E-state index is 11.4. The first kappa shape index (κ1) is 18.4. The van der Waals surface area contributed by atoms with E-state index < -0.39 is 17.7 Å². The summed E-state index contributed by atoms with van der Waals surface area (Å²) in [6, 6.07) is 0. The van der Waals surface area contributed by atoms with Crippen molar-refractivity contribution in [3.63, 3.8) is 0 Å². The second kappa shape index (κ2) is 9.30. The topological polar surface area (TPSA) is 90.9 Å². The first-order valence-electron chi connectivity index (χ1n) is 6.37. The van der Waals surface area contributed by atoms with Gasteiger partial charge in [-0.15, -0.1) is 0 Å². The Morgan fingerprint density at radius 1 is 1.05 bits per heavy atom. The number of hydrogen-bond acceptors (Lipinski definition) is 6. The Labute approximate surface area is 118 Å². The van der Waals surface area contributed by atoms with Crippen molar-refractivity contribution in [2.45, 2.75) is 39.2 Å². The van der Waals surface area contributed by atoms with E-state index in [1.165, 1.54) is 7.11 Å². The molecule has 0 saturated heterocycles. The fraction of sp³-hybridized carbons (Fsp3) is 0.769. The van der Waals surface area contributed by atoms with Gasteiger partial charge in [0.25, 0.3) is 0 Å². The molecule has 20 heavy (non-hydrogen) atoms. The zero-order valence-corrected chi connectivity index (χ0v) is 12.5. The van der Waals surface area contributed by atoms with Crippen LogP contribution in [-0.2, 0) is 23.8 Å². The highest BCUT2D eigenvalue weighted by molar-refractivity contribution is 5.86. The second-order valence-corrected chi connectivity index (χ2v) is 5.11. The molecule has 0 spiro atoms. The van der Waals surface area contributed by atoms with Crippen molar-refractivity contribution in [3.05, 3.63) is 0 Å². The van der Waals surface area contributed by atoms with Crippen LogP contribution < -0.4 is 5.32 Å². The molecule has 7 heteroatoms. The van der Waals surface area contributed by atoms with Gasteiger partial charge in [-0.1, -0.05) is 0 Å². The lowest BCUT2D eigenvalue weighted by atomic mass is 10.2. The standard InChI is InChI=1S/C13H23NO6/c1-13(2,3)20-11(16)6-5-10(15)9-14-12(17)19-8-7-18-4/h5-9H2,1-4H3,(H,14,17). The molecule has 0 unspecified atom stereocenters. The number of carbonyl (C=O) groups excluding carboxylic acids is 3. The zero-order valence-electron chi connectivity index (χ0n) is 12.5. The lowest BCUT2D eigenvalue weighted by Gasteiger charge is -2.19. The van der Waals surface area contributed by atoms with Crippen LogP contribution in [0.5, 0.6) is 0 Å². The molecule has 0 aromatic heterocycles. The molecule has 116 valence electrons. The zero-order chi connectivity index (χ0) is 15.6. The van der Waals surface area contributed by atoms with Crippen molar-refractivity contribution in [3.8, 4) is 0 Å². The van der Waals surface area contributed by atoms with Gasteiger partial charge in [-0.3, -0.25) is 9.59 Å². The number of nitrogens with one attached hydrogen (secondary N) is 1. The van der Waals surface area contributed by atoms with E-state index in [2.05, 4.69) is 5.32 Å². The predicted octanol–water partition coefficient (Wildman–Crippen LogP) is 1.05. The number of amides is 1. The Balaban J connectivity index is 3.73. The van der Waals surface area contributed by atoms with E-state index in [1.54, 1.807) is 20.8 Å². The first-order valence-corrected chi connectivity index (χ1v) is 6.37. The van der Waals surface area contributed by atoms with Gasteiger partial charge in [-0.25, -0.2) is 4.79 Å². The molecule has 0 radical (unpaired) electrons. The molecule has 0 rings (SSSR count). The number of ether oxygens (including phenoxy) is 3. The van der Waals surface area contributed by atoms with E-state index in [0.29, 0.717) is 6.61 Å². The van der Waals surface area contributed by atoms with E-state index in [4.69, 9.17) is 14.2 Å². The van der Waals surface area contributed by atoms with Crippen molar-refractivity contribution in [2.24, 2.45) is 0 Å². The molecule has 0 aliphatic rings. The van der Waals surface area contributed by atoms with E-state index in [9.17, 15) is 14.4 Å². The highest BCUT2D eigenvalue weighted by Gasteiger charge is 2.17. The number of alkyl carbamates (subject to hydrolysis) is 1. The maximum atomic E-state index is 11.4. The van der Waals surface area contributed by atoms with E-state index in [-0.39, 0.29) is 31.8 Å². The van der Waals surface area contributed by atoms with Gasteiger partial charge in [0.1, 0.15) is 12.2 Å². The third-order valence-corrected chi connectivity index (χ3v) is 1.98. The summed E-state index contributed by atoms with van der Waals surface area (Å²) in [5, 5.41) is 2.29. The molecule has 0 bridgehead atoms. The molecule has 1 N–H and O–H groups in total. The summed E-state index contributed by atoms with van der Waals surface area (Å²) in [6.07, 6.45) is -0.670. The molecular formula is C13H23NO6. The summed E-state index contributed by atoms with van der Waals surface area (Å²) in [5.74, 6) is -0.701. The van der Waals surface area contributed by atoms with Crippen molar-refractivity contribution < 1.29 is 28.6 Å². The Morgan fingerprint density at radius 3 is 2.25 bits per heavy atom. The molecule has 0 saturated carbocycles. The van der Waals surface area contributed by atoms with Gasteiger partial charge in [0.15, 0.2) is 5.78 Å². The van der Waals surface area contributed by atoms with Crippen LogP contribution in [0.1, 0.15) is 33.6 Å². The maximum Gasteiger partial charge on any atom is 0.407 e. The monoisotopic (exact) mass is 289 g/mol. The lowest BCUT2D eigenvalue weighted by Crippen LogP contribution is -2.31. The minimum Gasteiger partial charge on any atom is -0.460 e. The van der Waals surface area contributed by atoms with Crippen molar-refractivity contribution in [1.29, 1.82) is 0 Å². The Kier molecular flexibility index (Phi) is 8.54. The third-order valence-electron chi connectivity index (χ3n) is 1.98. The molecule has 0 aliphatic heterocycles. The lowest BCUT2D eigenvalue weighted by molar-refractivity contribution is -0.155. The van der Waals surface area contributed by atoms with Crippen LogP contribution in [0.3, 0.4) is 0 Å². The average molecular weight is 289 g/mol. The van der Waals surface area contributed by atoms with Gasteiger partial charge in [0, 0.05) is 13.5 Å². The largest absolute Gasteiger partial charge is 0.460 e. The van der Waals surface area contributed by atoms with Gasteiger partial charge in [-0.2, -0.15) is 0 Å². The summed E-state index contributed by atoms with van der Waals surface area (Å²) in [6.45, 7) is 5.50. The number of hydrogen-bond donors (Lipinski definition) is 1. The van der Waals surface area contributed by atoms with Crippen molar-refractivity contribution in [1.82, 2.24) is 5.32 Å². The molecule has 0 aromatic carbocycles. The minimum atomic E-state index is -0.687. The highest BCUT2D eigenvalue weighted by Crippen LogP contribution is 2.09. The average Bonchev–Trinajstić information content (AvgIpc) is 2.32. The number of esters is 1. The number of methoxy groups -OCH3 is 1. The van der Waals surface area contributed by atoms with Crippen LogP contribution in [0.4, 0.5) is 4.79 Å². The molecule has 0 fully saturated rings. The SMILES string of the molecule is COCCOC(=O)NCC(=O)CCC(=O)OC(C)(C)C. The second-order valence-electron chi connectivity index (χ2n) is 5.11. The fourth-order valence-electron chi connectivity index (χ4n) is 1.16. The van der Waals surface area contributed by atoms with Crippen LogP contribution in [0, 0.1) is 0 Å². The van der Waals surface area contributed by atoms with Gasteiger partial charge in [0.05, 0.1) is 19.6 Å². The van der Waals surface area contributed by atoms with Crippen LogP contribution in [0.2, 0.25) is 0 Å². The van der Waals surface area contributed by atoms with Gasteiger partial charge in [0.2, 0.25) is 0 Å². The van der Waals surface area contributed by atoms with Crippen LogP contribution in [0.25, 0.3) is 0 Å². The number of rotatable bonds is 8. The van der Waals surface area contributed by atoms with Gasteiger partial charge in [-0.05, 0) is 20.8 Å². The molecule has 0 aliphatic carbocycles. The molecular weight excluding hydrogens is 266 g/mol. The van der Waals surface area contributed by atoms with E-state index in [1.807, 2.05) is 0 Å². The molecule has 0 aromatic rings. The van der Waals surface area contributed by atoms with Crippen LogP contribution in [-0.4, -0.2) is 50.3 Å². The summed E-state index contributed by atoms with van der Waals surface area (Å²) in [4.78, 5) is 33.9. The van der Waals surface area contributed by atoms with Crippen molar-refractivity contribution in [2.75, 3.05) is 26.9 Å². The summed E-state index contributed by atoms with van der Waals surface area (Å²) < 4.78 is 14.5. The van der Waals surface area contributed by atoms with Crippen LogP contribution in [0.15, 0.2) is 0 Å². The highest BCUT2D eigenvalue weighted by atomic mass is 16.6. The number of Topliss-reactive ketones (excluding diaryl/α,β-unsaturated/α-hetero) is 1. The summed E-state index contributed by atoms with van der Waals surface area (Å²) in [5.41, 5.74) is -0.566. The van der Waals surface area contributed by atoms with E-state index >= 15 is 0 Å². The molecule has 0 heterocycles. The minimum absolute atomic E-state index is 0.00347. The predicted molar refractivity (Wildman–Crippen MR) is 71.3 cm³/mol. The van der Waals surface area contributed by atoms with E-state index in [0.717, 1.165) is 0 Å². The van der Waals surface area contributed by atoms with Gasteiger partial charge >= 0.3 is 12.1 Å². The van der Waals surface area contributed by atoms with Gasteiger partial charge < -0.3 is 19.5 Å². The normalized spacial score (nSPS) is 10.8. The Bertz CT molecular complexity index is 334. The molecule has 1 amide bonds.